The molecule has 21 heavy (non-hydrogen) atoms. The zero-order valence-corrected chi connectivity index (χ0v) is 12.9. The summed E-state index contributed by atoms with van der Waals surface area (Å²) in [7, 11) is 1.80. The number of halogens is 2. The number of nitrogens with zero attached hydrogens (tertiary/aromatic N) is 1. The molecule has 2 aromatic rings. The number of rotatable bonds is 2. The molecule has 0 fully saturated rings. The number of anilines is 2. The van der Waals surface area contributed by atoms with E-state index in [4.69, 9.17) is 23.2 Å². The Morgan fingerprint density at radius 1 is 1.14 bits per heavy atom. The summed E-state index contributed by atoms with van der Waals surface area (Å²) in [6.07, 6.45) is 0.410. The number of para-hydroxylation sites is 1. The summed E-state index contributed by atoms with van der Waals surface area (Å²) in [5.41, 5.74) is 2.89. The minimum atomic E-state index is -0.0675. The third-order valence-electron chi connectivity index (χ3n) is 3.69. The first kappa shape index (κ1) is 14.2. The maximum Gasteiger partial charge on any atom is 0.229 e. The maximum atomic E-state index is 12.1. The van der Waals surface area contributed by atoms with Crippen LogP contribution in [0, 0.1) is 0 Å². The molecule has 1 N–H and O–H groups in total. The average molecular weight is 321 g/mol. The van der Waals surface area contributed by atoms with Crippen molar-refractivity contribution in [2.75, 3.05) is 17.3 Å². The van der Waals surface area contributed by atoms with Crippen molar-refractivity contribution in [1.82, 2.24) is 0 Å². The fourth-order valence-electron chi connectivity index (χ4n) is 2.56. The van der Waals surface area contributed by atoms with Crippen LogP contribution in [0.25, 0.3) is 0 Å². The summed E-state index contributed by atoms with van der Waals surface area (Å²) < 4.78 is 0. The lowest BCUT2D eigenvalue weighted by molar-refractivity contribution is -0.118. The van der Waals surface area contributed by atoms with Crippen LogP contribution in [0.4, 0.5) is 11.4 Å². The van der Waals surface area contributed by atoms with Gasteiger partial charge >= 0.3 is 0 Å². The molecule has 3 nitrogen and oxygen atoms in total. The van der Waals surface area contributed by atoms with Gasteiger partial charge in [0.15, 0.2) is 0 Å². The molecule has 0 radical (unpaired) electrons. The minimum Gasteiger partial charge on any atom is -0.378 e. The Labute approximate surface area is 133 Å². The number of benzene rings is 2. The van der Waals surface area contributed by atoms with Crippen LogP contribution < -0.4 is 10.2 Å². The number of hydrogen-bond donors (Lipinski definition) is 1. The summed E-state index contributed by atoms with van der Waals surface area (Å²) in [6.45, 7) is 0. The number of hydrogen-bond acceptors (Lipinski definition) is 2. The molecule has 108 valence electrons. The summed E-state index contributed by atoms with van der Waals surface area (Å²) in [4.78, 5) is 13.8. The van der Waals surface area contributed by atoms with E-state index < -0.39 is 0 Å². The Kier molecular flexibility index (Phi) is 3.79. The van der Waals surface area contributed by atoms with Gasteiger partial charge in [0.25, 0.3) is 0 Å². The van der Waals surface area contributed by atoms with Crippen LogP contribution in [0.15, 0.2) is 42.5 Å². The molecule has 0 bridgehead atoms. The van der Waals surface area contributed by atoms with Crippen LogP contribution in [0.2, 0.25) is 10.0 Å². The Hall–Kier alpha value is -1.71. The van der Waals surface area contributed by atoms with Crippen molar-refractivity contribution in [2.45, 2.75) is 12.5 Å². The largest absolute Gasteiger partial charge is 0.378 e. The third kappa shape index (κ3) is 2.71. The molecule has 5 heteroatoms. The molecule has 0 saturated heterocycles. The van der Waals surface area contributed by atoms with E-state index in [0.717, 1.165) is 16.9 Å². The van der Waals surface area contributed by atoms with E-state index in [9.17, 15) is 4.79 Å². The number of amides is 1. The predicted molar refractivity (Wildman–Crippen MR) is 87.3 cm³/mol. The standard InChI is InChI=1S/C16H14Cl2N2O/c1-20-15-5-3-2-4-11(15)14(9-16(20)21)19-10-6-7-12(17)13(18)8-10/h2-8,14,19H,9H2,1H3. The van der Waals surface area contributed by atoms with E-state index in [0.29, 0.717) is 16.5 Å². The van der Waals surface area contributed by atoms with Gasteiger partial charge in [-0.2, -0.15) is 0 Å². The first-order valence-electron chi connectivity index (χ1n) is 6.63. The van der Waals surface area contributed by atoms with Crippen molar-refractivity contribution in [3.05, 3.63) is 58.1 Å². The third-order valence-corrected chi connectivity index (χ3v) is 4.43. The summed E-state index contributed by atoms with van der Waals surface area (Å²) >= 11 is 12.0. The molecule has 1 amide bonds. The fraction of sp³-hybridized carbons (Fsp3) is 0.188. The monoisotopic (exact) mass is 320 g/mol. The van der Waals surface area contributed by atoms with Crippen molar-refractivity contribution in [3.63, 3.8) is 0 Å². The van der Waals surface area contributed by atoms with Gasteiger partial charge in [0.05, 0.1) is 22.5 Å². The molecular weight excluding hydrogens is 307 g/mol. The minimum absolute atomic E-state index is 0.0675. The molecule has 1 heterocycles. The van der Waals surface area contributed by atoms with Crippen molar-refractivity contribution in [3.8, 4) is 0 Å². The molecule has 1 aliphatic heterocycles. The van der Waals surface area contributed by atoms with Crippen molar-refractivity contribution < 1.29 is 4.79 Å². The predicted octanol–water partition coefficient (Wildman–Crippen LogP) is 4.51. The van der Waals surface area contributed by atoms with Crippen LogP contribution in [0.3, 0.4) is 0 Å². The van der Waals surface area contributed by atoms with Crippen LogP contribution in [-0.4, -0.2) is 13.0 Å². The van der Waals surface area contributed by atoms with E-state index in [1.165, 1.54) is 0 Å². The first-order chi connectivity index (χ1) is 10.1. The molecule has 0 aliphatic carbocycles. The Bertz CT molecular complexity index is 702. The van der Waals surface area contributed by atoms with Gasteiger partial charge in [-0.1, -0.05) is 41.4 Å². The quantitative estimate of drug-likeness (QED) is 0.882. The lowest BCUT2D eigenvalue weighted by Gasteiger charge is -2.32. The fourth-order valence-corrected chi connectivity index (χ4v) is 2.86. The Morgan fingerprint density at radius 2 is 1.90 bits per heavy atom. The zero-order valence-electron chi connectivity index (χ0n) is 11.4. The molecule has 1 aliphatic rings. The van der Waals surface area contributed by atoms with Crippen molar-refractivity contribution in [2.24, 2.45) is 0 Å². The number of carbonyl (C=O) groups excluding carboxylic acids is 1. The lowest BCUT2D eigenvalue weighted by Crippen LogP contribution is -2.35. The van der Waals surface area contributed by atoms with E-state index >= 15 is 0 Å². The lowest BCUT2D eigenvalue weighted by atomic mass is 9.96. The number of nitrogens with one attached hydrogen (secondary N) is 1. The SMILES string of the molecule is CN1C(=O)CC(Nc2ccc(Cl)c(Cl)c2)c2ccccc21. The highest BCUT2D eigenvalue weighted by molar-refractivity contribution is 6.42. The molecule has 1 unspecified atom stereocenters. The van der Waals surface area contributed by atoms with Crippen molar-refractivity contribution in [1.29, 1.82) is 0 Å². The second-order valence-electron chi connectivity index (χ2n) is 5.04. The molecule has 2 aromatic carbocycles. The zero-order chi connectivity index (χ0) is 15.0. The molecule has 0 aromatic heterocycles. The van der Waals surface area contributed by atoms with E-state index in [-0.39, 0.29) is 11.9 Å². The molecule has 0 spiro atoms. The number of fused-ring (bicyclic) bond motifs is 1. The molecule has 3 rings (SSSR count). The second-order valence-corrected chi connectivity index (χ2v) is 5.86. The molecule has 1 atom stereocenters. The van der Waals surface area contributed by atoms with Gasteiger partial charge in [0.1, 0.15) is 0 Å². The Morgan fingerprint density at radius 3 is 2.67 bits per heavy atom. The normalized spacial score (nSPS) is 17.6. The van der Waals surface area contributed by atoms with E-state index in [2.05, 4.69) is 5.32 Å². The highest BCUT2D eigenvalue weighted by Crippen LogP contribution is 2.36. The van der Waals surface area contributed by atoms with Crippen LogP contribution in [0.5, 0.6) is 0 Å². The first-order valence-corrected chi connectivity index (χ1v) is 7.39. The highest BCUT2D eigenvalue weighted by atomic mass is 35.5. The molecule has 0 saturated carbocycles. The van der Waals surface area contributed by atoms with Gasteiger partial charge in [-0.25, -0.2) is 0 Å². The van der Waals surface area contributed by atoms with E-state index in [1.807, 2.05) is 30.3 Å². The maximum absolute atomic E-state index is 12.1. The highest BCUT2D eigenvalue weighted by Gasteiger charge is 2.28. The van der Waals surface area contributed by atoms with Gasteiger partial charge in [-0.05, 0) is 29.8 Å². The van der Waals surface area contributed by atoms with Gasteiger partial charge in [0.2, 0.25) is 5.91 Å². The summed E-state index contributed by atoms with van der Waals surface area (Å²) in [6, 6.07) is 13.2. The van der Waals surface area contributed by atoms with Crippen molar-refractivity contribution >= 4 is 40.5 Å². The van der Waals surface area contributed by atoms with Crippen LogP contribution in [-0.2, 0) is 4.79 Å². The summed E-state index contributed by atoms with van der Waals surface area (Å²) in [5, 5.41) is 4.38. The van der Waals surface area contributed by atoms with Gasteiger partial charge in [-0.3, -0.25) is 4.79 Å². The van der Waals surface area contributed by atoms with Crippen LogP contribution in [0.1, 0.15) is 18.0 Å². The Balaban J connectivity index is 1.93. The van der Waals surface area contributed by atoms with Crippen LogP contribution >= 0.6 is 23.2 Å². The van der Waals surface area contributed by atoms with E-state index in [1.54, 1.807) is 24.1 Å². The summed E-state index contributed by atoms with van der Waals surface area (Å²) in [5.74, 6) is 0.0891. The second kappa shape index (κ2) is 5.58. The topological polar surface area (TPSA) is 32.3 Å². The average Bonchev–Trinajstić information content (AvgIpc) is 2.48. The number of carbonyl (C=O) groups is 1. The molecular formula is C16H14Cl2N2O. The van der Waals surface area contributed by atoms with Gasteiger partial charge in [-0.15, -0.1) is 0 Å². The van der Waals surface area contributed by atoms with Gasteiger partial charge in [0, 0.05) is 18.4 Å². The van der Waals surface area contributed by atoms with Gasteiger partial charge < -0.3 is 10.2 Å². The smallest absolute Gasteiger partial charge is 0.229 e.